The molecule has 4 rings (SSSR count). The summed E-state index contributed by atoms with van der Waals surface area (Å²) in [6, 6.07) is 11.7. The van der Waals surface area contributed by atoms with E-state index in [1.165, 1.54) is 5.56 Å². The minimum absolute atomic E-state index is 0.731. The molecule has 2 aromatic carbocycles. The van der Waals surface area contributed by atoms with Crippen molar-refractivity contribution in [3.8, 4) is 28.5 Å². The van der Waals surface area contributed by atoms with Crippen LogP contribution in [0.5, 0.6) is 17.2 Å². The average Bonchev–Trinajstić information content (AvgIpc) is 3.21. The molecule has 1 aliphatic carbocycles. The second kappa shape index (κ2) is 6.05. The first-order valence-corrected chi connectivity index (χ1v) is 7.97. The molecule has 25 heavy (non-hydrogen) atoms. The Kier molecular flexibility index (Phi) is 3.72. The van der Waals surface area contributed by atoms with Gasteiger partial charge in [-0.05, 0) is 29.8 Å². The van der Waals surface area contributed by atoms with Crippen molar-refractivity contribution in [3.05, 3.63) is 47.5 Å². The zero-order valence-electron chi connectivity index (χ0n) is 14.3. The number of anilines is 2. The number of methoxy groups -OCH3 is 3. The minimum Gasteiger partial charge on any atom is -0.497 e. The molecular formula is C19H19N3O3. The van der Waals surface area contributed by atoms with Gasteiger partial charge in [0.25, 0.3) is 0 Å². The van der Waals surface area contributed by atoms with Crippen molar-refractivity contribution in [1.82, 2.24) is 10.2 Å². The lowest BCUT2D eigenvalue weighted by Gasteiger charge is -2.11. The molecule has 0 atom stereocenters. The maximum absolute atomic E-state index is 5.43. The van der Waals surface area contributed by atoms with Crippen LogP contribution in [0.4, 0.5) is 11.5 Å². The number of H-pyrrole nitrogens is 1. The highest BCUT2D eigenvalue weighted by atomic mass is 16.5. The van der Waals surface area contributed by atoms with Gasteiger partial charge in [-0.1, -0.05) is 6.07 Å². The Hall–Kier alpha value is -3.15. The topological polar surface area (TPSA) is 68.4 Å². The number of nitrogens with one attached hydrogen (secondary N) is 2. The van der Waals surface area contributed by atoms with Gasteiger partial charge in [0.2, 0.25) is 0 Å². The molecule has 6 heteroatoms. The number of hydrogen-bond acceptors (Lipinski definition) is 5. The normalized spacial score (nSPS) is 11.6. The molecule has 1 aromatic heterocycles. The Morgan fingerprint density at radius 1 is 0.960 bits per heavy atom. The number of aromatic amines is 1. The van der Waals surface area contributed by atoms with E-state index in [0.29, 0.717) is 0 Å². The van der Waals surface area contributed by atoms with Gasteiger partial charge in [0, 0.05) is 23.6 Å². The molecule has 0 bridgehead atoms. The lowest BCUT2D eigenvalue weighted by Crippen LogP contribution is -1.98. The number of aromatic nitrogens is 2. The van der Waals surface area contributed by atoms with Crippen molar-refractivity contribution in [1.29, 1.82) is 0 Å². The maximum atomic E-state index is 5.43. The van der Waals surface area contributed by atoms with E-state index in [1.807, 2.05) is 30.3 Å². The number of hydrogen-bond donors (Lipinski definition) is 2. The SMILES string of the molecule is COc1ccc(OC)c(Nc2n[nH]c3c2Cc2ccc(OC)cc2-3)c1. The maximum Gasteiger partial charge on any atom is 0.156 e. The summed E-state index contributed by atoms with van der Waals surface area (Å²) in [6.45, 7) is 0. The van der Waals surface area contributed by atoms with Crippen molar-refractivity contribution in [2.45, 2.75) is 6.42 Å². The van der Waals surface area contributed by atoms with Crippen LogP contribution in [0, 0.1) is 0 Å². The van der Waals surface area contributed by atoms with Crippen LogP contribution >= 0.6 is 0 Å². The highest BCUT2D eigenvalue weighted by Gasteiger charge is 2.25. The summed E-state index contributed by atoms with van der Waals surface area (Å²) >= 11 is 0. The first-order chi connectivity index (χ1) is 12.2. The number of benzene rings is 2. The third-order valence-electron chi connectivity index (χ3n) is 4.48. The fraction of sp³-hybridized carbons (Fsp3) is 0.211. The molecule has 0 unspecified atom stereocenters. The van der Waals surface area contributed by atoms with Gasteiger partial charge < -0.3 is 19.5 Å². The van der Waals surface area contributed by atoms with E-state index in [0.717, 1.165) is 52.0 Å². The van der Waals surface area contributed by atoms with Crippen molar-refractivity contribution < 1.29 is 14.2 Å². The minimum atomic E-state index is 0.731. The van der Waals surface area contributed by atoms with Gasteiger partial charge in [-0.25, -0.2) is 0 Å². The Bertz CT molecular complexity index is 934. The molecule has 0 saturated heterocycles. The van der Waals surface area contributed by atoms with Crippen LogP contribution in [0.15, 0.2) is 36.4 Å². The summed E-state index contributed by atoms with van der Waals surface area (Å²) in [5.41, 5.74) is 5.36. The number of nitrogens with zero attached hydrogens (tertiary/aromatic N) is 1. The van der Waals surface area contributed by atoms with Crippen molar-refractivity contribution in [2.24, 2.45) is 0 Å². The predicted octanol–water partition coefficient (Wildman–Crippen LogP) is 3.75. The van der Waals surface area contributed by atoms with Gasteiger partial charge in [0.1, 0.15) is 17.2 Å². The van der Waals surface area contributed by atoms with Crippen molar-refractivity contribution >= 4 is 11.5 Å². The Labute approximate surface area is 145 Å². The lowest BCUT2D eigenvalue weighted by atomic mass is 10.1. The van der Waals surface area contributed by atoms with E-state index in [2.05, 4.69) is 21.6 Å². The summed E-state index contributed by atoms with van der Waals surface area (Å²) in [7, 11) is 4.96. The second-order valence-corrected chi connectivity index (χ2v) is 5.82. The molecule has 2 N–H and O–H groups in total. The summed E-state index contributed by atoms with van der Waals surface area (Å²) in [4.78, 5) is 0. The number of ether oxygens (including phenoxy) is 3. The quantitative estimate of drug-likeness (QED) is 0.580. The second-order valence-electron chi connectivity index (χ2n) is 5.82. The fourth-order valence-corrected chi connectivity index (χ4v) is 3.16. The molecule has 1 aliphatic rings. The Morgan fingerprint density at radius 3 is 2.48 bits per heavy atom. The molecule has 1 heterocycles. The van der Waals surface area contributed by atoms with E-state index in [4.69, 9.17) is 14.2 Å². The van der Waals surface area contributed by atoms with Crippen molar-refractivity contribution in [2.75, 3.05) is 26.6 Å². The van der Waals surface area contributed by atoms with Crippen LogP contribution in [0.3, 0.4) is 0 Å². The highest BCUT2D eigenvalue weighted by molar-refractivity contribution is 5.81. The average molecular weight is 337 g/mol. The molecule has 0 amide bonds. The summed E-state index contributed by atoms with van der Waals surface area (Å²) < 4.78 is 16.1. The van der Waals surface area contributed by atoms with Crippen LogP contribution in [-0.2, 0) is 6.42 Å². The van der Waals surface area contributed by atoms with E-state index in [1.54, 1.807) is 21.3 Å². The molecule has 0 saturated carbocycles. The smallest absolute Gasteiger partial charge is 0.156 e. The molecule has 0 spiro atoms. The molecule has 6 nitrogen and oxygen atoms in total. The predicted molar refractivity (Wildman–Crippen MR) is 96.2 cm³/mol. The van der Waals surface area contributed by atoms with Crippen LogP contribution in [-0.4, -0.2) is 31.5 Å². The van der Waals surface area contributed by atoms with E-state index >= 15 is 0 Å². The van der Waals surface area contributed by atoms with Gasteiger partial charge in [0.05, 0.1) is 32.7 Å². The van der Waals surface area contributed by atoms with Gasteiger partial charge >= 0.3 is 0 Å². The van der Waals surface area contributed by atoms with Gasteiger partial charge in [-0.3, -0.25) is 5.10 Å². The largest absolute Gasteiger partial charge is 0.497 e. The third kappa shape index (κ3) is 2.55. The summed E-state index contributed by atoms with van der Waals surface area (Å²) in [5.74, 6) is 3.11. The summed E-state index contributed by atoms with van der Waals surface area (Å²) in [5, 5.41) is 10.9. The Morgan fingerprint density at radius 2 is 1.72 bits per heavy atom. The van der Waals surface area contributed by atoms with Crippen LogP contribution in [0.25, 0.3) is 11.3 Å². The molecule has 0 radical (unpaired) electrons. The van der Waals surface area contributed by atoms with Gasteiger partial charge in [0.15, 0.2) is 5.82 Å². The third-order valence-corrected chi connectivity index (χ3v) is 4.48. The lowest BCUT2D eigenvalue weighted by molar-refractivity contribution is 0.405. The van der Waals surface area contributed by atoms with E-state index in [-0.39, 0.29) is 0 Å². The zero-order chi connectivity index (χ0) is 17.4. The van der Waals surface area contributed by atoms with Gasteiger partial charge in [-0.15, -0.1) is 0 Å². The number of fused-ring (bicyclic) bond motifs is 3. The van der Waals surface area contributed by atoms with Crippen LogP contribution < -0.4 is 19.5 Å². The molecule has 0 fully saturated rings. The first-order valence-electron chi connectivity index (χ1n) is 7.97. The molecule has 0 aliphatic heterocycles. The zero-order valence-corrected chi connectivity index (χ0v) is 14.3. The van der Waals surface area contributed by atoms with E-state index in [9.17, 15) is 0 Å². The number of rotatable bonds is 5. The standard InChI is InChI=1S/C19H19N3O3/c1-23-12-5-4-11-8-15-18(14(11)9-12)21-22-19(15)20-16-10-13(24-2)6-7-17(16)25-3/h4-7,9-10H,8H2,1-3H3,(H2,20,21,22). The highest BCUT2D eigenvalue weighted by Crippen LogP contribution is 2.42. The van der Waals surface area contributed by atoms with Crippen molar-refractivity contribution in [3.63, 3.8) is 0 Å². The monoisotopic (exact) mass is 337 g/mol. The molecule has 128 valence electrons. The Balaban J connectivity index is 1.70. The fourth-order valence-electron chi connectivity index (χ4n) is 3.16. The van der Waals surface area contributed by atoms with Crippen LogP contribution in [0.2, 0.25) is 0 Å². The van der Waals surface area contributed by atoms with Crippen LogP contribution in [0.1, 0.15) is 11.1 Å². The van der Waals surface area contributed by atoms with E-state index < -0.39 is 0 Å². The molecular weight excluding hydrogens is 318 g/mol. The summed E-state index contributed by atoms with van der Waals surface area (Å²) in [6.07, 6.45) is 0.819. The molecule has 3 aromatic rings. The van der Waals surface area contributed by atoms with Gasteiger partial charge in [-0.2, -0.15) is 5.10 Å². The first kappa shape index (κ1) is 15.4.